The molecule has 0 radical (unpaired) electrons. The number of carbonyl (C=O) groups is 1. The summed E-state index contributed by atoms with van der Waals surface area (Å²) in [6, 6.07) is 12.2. The molecule has 32 heavy (non-hydrogen) atoms. The van der Waals surface area contributed by atoms with Crippen molar-refractivity contribution in [2.24, 2.45) is 5.92 Å². The number of aromatic nitrogens is 3. The summed E-state index contributed by atoms with van der Waals surface area (Å²) in [7, 11) is 1.64. The highest BCUT2D eigenvalue weighted by molar-refractivity contribution is 7.99. The lowest BCUT2D eigenvalue weighted by Gasteiger charge is -2.36. The zero-order chi connectivity index (χ0) is 22.3. The van der Waals surface area contributed by atoms with Crippen molar-refractivity contribution >= 4 is 29.0 Å². The van der Waals surface area contributed by atoms with E-state index in [0.717, 1.165) is 30.4 Å². The molecule has 170 valence electrons. The quantitative estimate of drug-likeness (QED) is 0.475. The highest BCUT2D eigenvalue weighted by atomic mass is 32.2. The number of piperidine rings is 1. The number of hydrogen-bond acceptors (Lipinski definition) is 7. The molecule has 2 aromatic heterocycles. The highest BCUT2D eigenvalue weighted by Gasteiger charge is 2.25. The lowest BCUT2D eigenvalue weighted by atomic mass is 9.97. The molecule has 4 rings (SSSR count). The first kappa shape index (κ1) is 22.8. The van der Waals surface area contributed by atoms with Crippen LogP contribution in [0.5, 0.6) is 5.75 Å². The van der Waals surface area contributed by atoms with Crippen LogP contribution in [0.4, 0.5) is 0 Å². The largest absolute Gasteiger partial charge is 0.497 e. The first-order chi connectivity index (χ1) is 15.6. The molecule has 1 N–H and O–H groups in total. The lowest BCUT2D eigenvalue weighted by molar-refractivity contribution is -0.118. The Morgan fingerprint density at radius 3 is 2.75 bits per heavy atom. The number of hydrogen-bond donors (Lipinski definition) is 1. The second kappa shape index (κ2) is 11.0. The summed E-state index contributed by atoms with van der Waals surface area (Å²) in [6.07, 6.45) is 4.09. The number of amides is 1. The minimum Gasteiger partial charge on any atom is -0.497 e. The van der Waals surface area contributed by atoms with Crippen molar-refractivity contribution in [2.75, 3.05) is 32.5 Å². The van der Waals surface area contributed by atoms with E-state index in [1.807, 2.05) is 28.8 Å². The fourth-order valence-electron chi connectivity index (χ4n) is 3.87. The van der Waals surface area contributed by atoms with Crippen molar-refractivity contribution in [1.82, 2.24) is 25.0 Å². The number of thiophene rings is 1. The van der Waals surface area contributed by atoms with Crippen LogP contribution in [0.25, 0.3) is 5.69 Å². The molecule has 1 aliphatic heterocycles. The molecule has 1 saturated heterocycles. The second-order valence-electron chi connectivity index (χ2n) is 8.02. The molecule has 3 aromatic rings. The van der Waals surface area contributed by atoms with E-state index in [9.17, 15) is 4.79 Å². The topological polar surface area (TPSA) is 72.3 Å². The van der Waals surface area contributed by atoms with Gasteiger partial charge in [-0.05, 0) is 67.6 Å². The summed E-state index contributed by atoms with van der Waals surface area (Å²) in [4.78, 5) is 16.5. The van der Waals surface area contributed by atoms with E-state index in [1.165, 1.54) is 29.5 Å². The molecule has 1 unspecified atom stereocenters. The van der Waals surface area contributed by atoms with Crippen LogP contribution >= 0.6 is 23.1 Å². The number of ether oxygens (including phenoxy) is 1. The standard InChI is InChI=1S/C23H29N5O2S2/c1-17-9-11-27(12-10-17)20(21-4-3-13-31-21)14-24-22(29)15-32-23-26-25-16-28(23)18-5-7-19(30-2)8-6-18/h3-8,13,16-17,20H,9-12,14-15H2,1-2H3,(H,24,29). The zero-order valence-corrected chi connectivity index (χ0v) is 20.1. The maximum absolute atomic E-state index is 12.7. The van der Waals surface area contributed by atoms with Gasteiger partial charge in [-0.25, -0.2) is 0 Å². The highest BCUT2D eigenvalue weighted by Crippen LogP contribution is 2.29. The molecule has 0 spiro atoms. The van der Waals surface area contributed by atoms with Crippen LogP contribution in [0, 0.1) is 5.92 Å². The molecular formula is C23H29N5O2S2. The molecule has 1 aliphatic rings. The second-order valence-corrected chi connectivity index (χ2v) is 9.95. The Balaban J connectivity index is 1.33. The van der Waals surface area contributed by atoms with Gasteiger partial charge in [0, 0.05) is 17.1 Å². The zero-order valence-electron chi connectivity index (χ0n) is 18.4. The maximum atomic E-state index is 12.7. The van der Waals surface area contributed by atoms with E-state index in [0.29, 0.717) is 17.5 Å². The molecule has 7 nitrogen and oxygen atoms in total. The summed E-state index contributed by atoms with van der Waals surface area (Å²) < 4.78 is 7.09. The summed E-state index contributed by atoms with van der Waals surface area (Å²) in [5.74, 6) is 1.87. The van der Waals surface area contributed by atoms with Gasteiger partial charge in [-0.1, -0.05) is 24.8 Å². The SMILES string of the molecule is COc1ccc(-n2cnnc2SCC(=O)NCC(c2cccs2)N2CCC(C)CC2)cc1. The van der Waals surface area contributed by atoms with Gasteiger partial charge < -0.3 is 10.1 Å². The van der Waals surface area contributed by atoms with Crippen LogP contribution < -0.4 is 10.1 Å². The van der Waals surface area contributed by atoms with Gasteiger partial charge in [0.1, 0.15) is 12.1 Å². The fourth-order valence-corrected chi connectivity index (χ4v) is 5.48. The van der Waals surface area contributed by atoms with Crippen molar-refractivity contribution in [2.45, 2.75) is 31.0 Å². The minimum absolute atomic E-state index is 0.00575. The van der Waals surface area contributed by atoms with Gasteiger partial charge in [0.25, 0.3) is 0 Å². The Bertz CT molecular complexity index is 982. The van der Waals surface area contributed by atoms with Crippen molar-refractivity contribution in [3.05, 3.63) is 53.0 Å². The summed E-state index contributed by atoms with van der Waals surface area (Å²) in [5, 5.41) is 14.1. The summed E-state index contributed by atoms with van der Waals surface area (Å²) in [5.41, 5.74) is 0.927. The van der Waals surface area contributed by atoms with Crippen LogP contribution in [-0.4, -0.2) is 58.1 Å². The third-order valence-electron chi connectivity index (χ3n) is 5.82. The third-order valence-corrected chi connectivity index (χ3v) is 7.74. The molecule has 0 saturated carbocycles. The average molecular weight is 472 g/mol. The third kappa shape index (κ3) is 5.70. The smallest absolute Gasteiger partial charge is 0.230 e. The van der Waals surface area contributed by atoms with Crippen molar-refractivity contribution in [3.63, 3.8) is 0 Å². The molecule has 3 heterocycles. The van der Waals surface area contributed by atoms with Gasteiger partial charge in [0.05, 0.1) is 18.9 Å². The monoisotopic (exact) mass is 471 g/mol. The van der Waals surface area contributed by atoms with Gasteiger partial charge in [0.2, 0.25) is 5.91 Å². The van der Waals surface area contributed by atoms with Crippen molar-refractivity contribution in [3.8, 4) is 11.4 Å². The number of carbonyl (C=O) groups excluding carboxylic acids is 1. The minimum atomic E-state index is 0.00575. The van der Waals surface area contributed by atoms with Gasteiger partial charge in [-0.2, -0.15) is 0 Å². The predicted octanol–water partition coefficient (Wildman–Crippen LogP) is 4.02. The number of nitrogens with one attached hydrogen (secondary N) is 1. The summed E-state index contributed by atoms with van der Waals surface area (Å²) >= 11 is 3.15. The Labute approximate surface area is 197 Å². The van der Waals surface area contributed by atoms with Gasteiger partial charge >= 0.3 is 0 Å². The number of likely N-dealkylation sites (tertiary alicyclic amines) is 1. The maximum Gasteiger partial charge on any atom is 0.230 e. The molecule has 1 fully saturated rings. The van der Waals surface area contributed by atoms with E-state index >= 15 is 0 Å². The van der Waals surface area contributed by atoms with Crippen LogP contribution in [0.3, 0.4) is 0 Å². The molecule has 0 aliphatic carbocycles. The van der Waals surface area contributed by atoms with E-state index in [4.69, 9.17) is 4.74 Å². The van der Waals surface area contributed by atoms with Crippen molar-refractivity contribution < 1.29 is 9.53 Å². The normalized spacial score (nSPS) is 16.1. The van der Waals surface area contributed by atoms with Gasteiger partial charge in [-0.3, -0.25) is 14.3 Å². The van der Waals surface area contributed by atoms with Crippen LogP contribution in [0.15, 0.2) is 53.3 Å². The molecular weight excluding hydrogens is 442 g/mol. The predicted molar refractivity (Wildman–Crippen MR) is 129 cm³/mol. The number of nitrogens with zero attached hydrogens (tertiary/aromatic N) is 4. The molecule has 9 heteroatoms. The van der Waals surface area contributed by atoms with E-state index in [-0.39, 0.29) is 11.9 Å². The van der Waals surface area contributed by atoms with E-state index < -0.39 is 0 Å². The van der Waals surface area contributed by atoms with Crippen LogP contribution in [-0.2, 0) is 4.79 Å². The Morgan fingerprint density at radius 1 is 1.28 bits per heavy atom. The van der Waals surface area contributed by atoms with Crippen LogP contribution in [0.1, 0.15) is 30.7 Å². The Morgan fingerprint density at radius 2 is 2.06 bits per heavy atom. The summed E-state index contributed by atoms with van der Waals surface area (Å²) in [6.45, 7) is 5.11. The Kier molecular flexibility index (Phi) is 7.83. The molecule has 0 bridgehead atoms. The van der Waals surface area contributed by atoms with Crippen LogP contribution in [0.2, 0.25) is 0 Å². The first-order valence-corrected chi connectivity index (χ1v) is 12.7. The Hall–Kier alpha value is -2.36. The molecule has 1 amide bonds. The van der Waals surface area contributed by atoms with Gasteiger partial charge in [-0.15, -0.1) is 21.5 Å². The number of benzene rings is 1. The number of thioether (sulfide) groups is 1. The van der Waals surface area contributed by atoms with E-state index in [2.05, 4.69) is 44.9 Å². The average Bonchev–Trinajstić information content (AvgIpc) is 3.51. The number of methoxy groups -OCH3 is 1. The molecule has 1 aromatic carbocycles. The number of rotatable bonds is 9. The fraction of sp³-hybridized carbons (Fsp3) is 0.435. The lowest BCUT2D eigenvalue weighted by Crippen LogP contribution is -2.42. The van der Waals surface area contributed by atoms with Gasteiger partial charge in [0.15, 0.2) is 5.16 Å². The molecule has 1 atom stereocenters. The first-order valence-electron chi connectivity index (χ1n) is 10.9. The van der Waals surface area contributed by atoms with E-state index in [1.54, 1.807) is 24.8 Å². The van der Waals surface area contributed by atoms with Crippen molar-refractivity contribution in [1.29, 1.82) is 0 Å².